The number of amides is 1. The molecular weight excluding hydrogens is 440 g/mol. The second-order valence-corrected chi connectivity index (χ2v) is 7.26. The van der Waals surface area contributed by atoms with Crippen LogP contribution in [-0.2, 0) is 19.2 Å². The Morgan fingerprint density at radius 1 is 1.16 bits per heavy atom. The van der Waals surface area contributed by atoms with Crippen LogP contribution in [0.25, 0.3) is 0 Å². The van der Waals surface area contributed by atoms with Crippen molar-refractivity contribution < 1.29 is 60.0 Å². The van der Waals surface area contributed by atoms with Crippen molar-refractivity contribution in [3.05, 3.63) is 0 Å². The molecule has 0 aromatic rings. The van der Waals surface area contributed by atoms with Crippen molar-refractivity contribution in [1.82, 2.24) is 15.1 Å². The Labute approximate surface area is 180 Å². The molecule has 0 radical (unpaired) electrons. The zero-order valence-electron chi connectivity index (χ0n) is 16.8. The van der Waals surface area contributed by atoms with Crippen LogP contribution in [0.3, 0.4) is 0 Å². The van der Waals surface area contributed by atoms with Crippen LogP contribution >= 0.6 is 0 Å². The third-order valence-electron chi connectivity index (χ3n) is 4.98. The summed E-state index contributed by atoms with van der Waals surface area (Å²) in [5, 5.41) is 85.9. The van der Waals surface area contributed by atoms with Gasteiger partial charge in [-0.05, 0) is 0 Å². The topological polar surface area (TPSA) is 272 Å². The van der Waals surface area contributed by atoms with E-state index >= 15 is 0 Å². The highest BCUT2D eigenvalue weighted by Gasteiger charge is 2.51. The first-order valence-corrected chi connectivity index (χ1v) is 9.08. The van der Waals surface area contributed by atoms with Gasteiger partial charge in [0.2, 0.25) is 11.5 Å². The lowest BCUT2D eigenvalue weighted by atomic mass is 9.90. The van der Waals surface area contributed by atoms with Crippen LogP contribution in [0.1, 0.15) is 6.42 Å². The predicted molar refractivity (Wildman–Crippen MR) is 100 cm³/mol. The van der Waals surface area contributed by atoms with E-state index in [1.807, 2.05) is 5.32 Å². The molecule has 182 valence electrons. The number of likely N-dealkylation sites (N-methyl/N-ethyl adjacent to an activating group) is 1. The van der Waals surface area contributed by atoms with Crippen molar-refractivity contribution in [2.45, 2.75) is 42.4 Å². The summed E-state index contributed by atoms with van der Waals surface area (Å²) in [4.78, 5) is 47.9. The summed E-state index contributed by atoms with van der Waals surface area (Å²) < 4.78 is 0. The van der Waals surface area contributed by atoms with Gasteiger partial charge >= 0.3 is 17.9 Å². The second kappa shape index (κ2) is 10.5. The summed E-state index contributed by atoms with van der Waals surface area (Å²) in [6.07, 6.45) is -6.33. The largest absolute Gasteiger partial charge is 0.481 e. The third kappa shape index (κ3) is 5.80. The maximum absolute atomic E-state index is 12.6. The smallest absolute Gasteiger partial charge is 0.339 e. The van der Waals surface area contributed by atoms with Gasteiger partial charge < -0.3 is 56.0 Å². The highest BCUT2D eigenvalue weighted by molar-refractivity contribution is 5.95. The molecule has 0 saturated carbocycles. The second-order valence-electron chi connectivity index (χ2n) is 7.26. The Bertz CT molecular complexity index is 763. The van der Waals surface area contributed by atoms with Gasteiger partial charge in [0, 0.05) is 13.6 Å². The number of hydrogen-bond acceptors (Lipinski definition) is 10. The lowest BCUT2D eigenvalue weighted by Crippen LogP contribution is -2.66. The standard InChI is InChI=1S/C16H26N4O12/c1-19(4-8(23)20-3-7(22)11(27)10(26)6(20)5-21)15(17)18-12(13(28)29)16(32,14(30)31)2-9(24)25/h6-7,10-12,21-22,26-27,32H,2-5H2,1H3,(H2,17,18)(H,24,25)(H,28,29)(H,30,31)/t6-,7-,10-,11-,12?,16?/m1/s1. The fourth-order valence-electron chi connectivity index (χ4n) is 3.11. The number of nitrogens with one attached hydrogen (secondary N) is 2. The number of rotatable bonds is 9. The lowest BCUT2D eigenvalue weighted by Gasteiger charge is -2.43. The molecular formula is C16H26N4O12. The molecule has 1 fully saturated rings. The van der Waals surface area contributed by atoms with Gasteiger partial charge in [-0.1, -0.05) is 0 Å². The molecule has 1 rings (SSSR count). The van der Waals surface area contributed by atoms with Crippen molar-refractivity contribution >= 4 is 29.8 Å². The van der Waals surface area contributed by atoms with E-state index in [1.54, 1.807) is 0 Å². The number of aliphatic hydroxyl groups is 5. The van der Waals surface area contributed by atoms with Gasteiger partial charge in [0.15, 0.2) is 12.0 Å². The molecule has 1 amide bonds. The molecule has 1 heterocycles. The number of hydrogen-bond donors (Lipinski definition) is 10. The summed E-state index contributed by atoms with van der Waals surface area (Å²) in [7, 11) is 1.10. The number of aliphatic hydroxyl groups excluding tert-OH is 4. The zero-order valence-corrected chi connectivity index (χ0v) is 16.8. The first-order valence-electron chi connectivity index (χ1n) is 9.08. The van der Waals surface area contributed by atoms with Crippen molar-refractivity contribution in [2.24, 2.45) is 0 Å². The number of carbonyl (C=O) groups excluding carboxylic acids is 1. The number of nitrogens with zero attached hydrogens (tertiary/aromatic N) is 2. The van der Waals surface area contributed by atoms with Gasteiger partial charge in [-0.3, -0.25) is 15.0 Å². The first-order chi connectivity index (χ1) is 14.7. The molecule has 16 heteroatoms. The summed E-state index contributed by atoms with van der Waals surface area (Å²) in [6.45, 7) is -1.93. The Morgan fingerprint density at radius 3 is 2.16 bits per heavy atom. The minimum absolute atomic E-state index is 0.466. The summed E-state index contributed by atoms with van der Waals surface area (Å²) in [6, 6.07) is -3.77. The highest BCUT2D eigenvalue weighted by atomic mass is 16.4. The van der Waals surface area contributed by atoms with E-state index in [0.29, 0.717) is 0 Å². The molecule has 10 N–H and O–H groups in total. The summed E-state index contributed by atoms with van der Waals surface area (Å²) in [5.41, 5.74) is -3.34. The van der Waals surface area contributed by atoms with E-state index in [-0.39, 0.29) is 0 Å². The molecule has 1 saturated heterocycles. The molecule has 0 aromatic carbocycles. The molecule has 2 unspecified atom stereocenters. The fraction of sp³-hybridized carbons (Fsp3) is 0.688. The molecule has 6 atom stereocenters. The van der Waals surface area contributed by atoms with E-state index in [1.165, 1.54) is 0 Å². The number of carboxylic acid groups (broad SMARTS) is 3. The molecule has 1 aliphatic rings. The van der Waals surface area contributed by atoms with E-state index < -0.39 is 91.9 Å². The Kier molecular flexibility index (Phi) is 8.86. The SMILES string of the molecule is CN(CC(=O)N1C[C@@H](O)[C@@H](O)[C@H](O)[C@H]1CO)C(=N)NC(C(=O)O)C(O)(CC(=O)O)C(=O)O. The van der Waals surface area contributed by atoms with Crippen LogP contribution < -0.4 is 5.32 Å². The molecule has 0 aromatic heterocycles. The Balaban J connectivity index is 2.98. The average molecular weight is 466 g/mol. The number of aliphatic carboxylic acids is 3. The highest BCUT2D eigenvalue weighted by Crippen LogP contribution is 2.20. The normalized spacial score (nSPS) is 25.9. The minimum Gasteiger partial charge on any atom is -0.481 e. The van der Waals surface area contributed by atoms with E-state index in [4.69, 9.17) is 15.6 Å². The summed E-state index contributed by atoms with van der Waals surface area (Å²) >= 11 is 0. The molecule has 1 aliphatic heterocycles. The van der Waals surface area contributed by atoms with Crippen molar-refractivity contribution in [1.29, 1.82) is 5.41 Å². The number of piperidine rings is 1. The lowest BCUT2D eigenvalue weighted by molar-refractivity contribution is -0.174. The van der Waals surface area contributed by atoms with Crippen LogP contribution in [0.5, 0.6) is 0 Å². The monoisotopic (exact) mass is 466 g/mol. The number of likely N-dealkylation sites (tertiary alicyclic amines) is 1. The fourth-order valence-corrected chi connectivity index (χ4v) is 3.11. The molecule has 16 nitrogen and oxygen atoms in total. The zero-order chi connectivity index (χ0) is 25.0. The number of carbonyl (C=O) groups is 4. The molecule has 0 aliphatic carbocycles. The number of guanidine groups is 1. The van der Waals surface area contributed by atoms with Gasteiger partial charge in [0.05, 0.1) is 25.6 Å². The van der Waals surface area contributed by atoms with Crippen LogP contribution in [0, 0.1) is 5.41 Å². The maximum Gasteiger partial charge on any atom is 0.339 e. The van der Waals surface area contributed by atoms with Gasteiger partial charge in [0.25, 0.3) is 0 Å². The quantitative estimate of drug-likeness (QED) is 0.112. The van der Waals surface area contributed by atoms with E-state index in [0.717, 1.165) is 16.8 Å². The van der Waals surface area contributed by atoms with E-state index in [2.05, 4.69) is 0 Å². The van der Waals surface area contributed by atoms with Gasteiger partial charge in [0.1, 0.15) is 18.3 Å². The van der Waals surface area contributed by atoms with Crippen molar-refractivity contribution in [2.75, 3.05) is 26.7 Å². The Hall–Kier alpha value is -3.05. The van der Waals surface area contributed by atoms with Gasteiger partial charge in [-0.2, -0.15) is 0 Å². The Morgan fingerprint density at radius 2 is 1.72 bits per heavy atom. The molecule has 32 heavy (non-hydrogen) atoms. The predicted octanol–water partition coefficient (Wildman–Crippen LogP) is -5.53. The van der Waals surface area contributed by atoms with Crippen LogP contribution in [0.15, 0.2) is 0 Å². The first kappa shape index (κ1) is 27.0. The molecule has 0 spiro atoms. The van der Waals surface area contributed by atoms with Gasteiger partial charge in [-0.15, -0.1) is 0 Å². The van der Waals surface area contributed by atoms with Crippen LogP contribution in [0.2, 0.25) is 0 Å². The van der Waals surface area contributed by atoms with Gasteiger partial charge in [-0.25, -0.2) is 9.59 Å². The molecule has 0 bridgehead atoms. The number of carboxylic acids is 3. The van der Waals surface area contributed by atoms with Crippen LogP contribution in [0.4, 0.5) is 0 Å². The van der Waals surface area contributed by atoms with Crippen LogP contribution in [-0.4, -0.2) is 143 Å². The minimum atomic E-state index is -3.34. The average Bonchev–Trinajstić information content (AvgIpc) is 2.68. The maximum atomic E-state index is 12.6. The summed E-state index contributed by atoms with van der Waals surface area (Å²) in [5.74, 6) is -7.73. The van der Waals surface area contributed by atoms with E-state index in [9.17, 15) is 49.8 Å². The third-order valence-corrected chi connectivity index (χ3v) is 4.98. The number of β-amino-alcohol motifs (C(OH)–C–C–N with tert-alkyl or cyclic N) is 1. The van der Waals surface area contributed by atoms with Crippen molar-refractivity contribution in [3.8, 4) is 0 Å². The van der Waals surface area contributed by atoms with Crippen molar-refractivity contribution in [3.63, 3.8) is 0 Å².